The first-order valence-electron chi connectivity index (χ1n) is 11.3. The number of anilines is 2. The molecule has 10 heteroatoms. The maximum atomic E-state index is 13.4. The summed E-state index contributed by atoms with van der Waals surface area (Å²) in [6.45, 7) is 5.26. The van der Waals surface area contributed by atoms with E-state index in [-0.39, 0.29) is 5.69 Å². The van der Waals surface area contributed by atoms with Crippen LogP contribution in [0.25, 0.3) is 28.1 Å². The van der Waals surface area contributed by atoms with Crippen LogP contribution in [-0.4, -0.2) is 34.8 Å². The maximum Gasteiger partial charge on any atom is 0.280 e. The van der Waals surface area contributed by atoms with Crippen molar-refractivity contribution in [3.8, 4) is 17.1 Å². The van der Waals surface area contributed by atoms with E-state index in [1.807, 2.05) is 41.8 Å². The molecule has 1 atom stereocenters. The van der Waals surface area contributed by atoms with Crippen LogP contribution < -0.4 is 5.32 Å². The van der Waals surface area contributed by atoms with Gasteiger partial charge in [0.05, 0.1) is 28.5 Å². The summed E-state index contributed by atoms with van der Waals surface area (Å²) in [5.41, 5.74) is 4.94. The summed E-state index contributed by atoms with van der Waals surface area (Å²) in [6.07, 6.45) is -0.509. The van der Waals surface area contributed by atoms with Gasteiger partial charge in [0.25, 0.3) is 6.43 Å². The molecule has 0 saturated heterocycles. The summed E-state index contributed by atoms with van der Waals surface area (Å²) in [6, 6.07) is 14.3. The molecule has 182 valence electrons. The van der Waals surface area contributed by atoms with Crippen LogP contribution in [0.5, 0.6) is 0 Å². The number of fused-ring (bicyclic) bond motifs is 1. The number of alkyl halides is 2. The Morgan fingerprint density at radius 3 is 2.53 bits per heavy atom. The number of nitrogens with zero attached hydrogens (tertiary/aromatic N) is 6. The minimum atomic E-state index is -2.71. The average Bonchev–Trinajstić information content (AvgIpc) is 3.28. The Morgan fingerprint density at radius 1 is 0.972 bits per heavy atom. The molecule has 0 amide bonds. The van der Waals surface area contributed by atoms with E-state index in [1.54, 1.807) is 32.3 Å². The molecular formula is C26H23F2N7O. The fraction of sp³-hybridized carbons (Fsp3) is 0.192. The van der Waals surface area contributed by atoms with E-state index in [4.69, 9.17) is 4.98 Å². The van der Waals surface area contributed by atoms with E-state index in [1.165, 1.54) is 12.3 Å². The number of imidazole rings is 1. The van der Waals surface area contributed by atoms with E-state index >= 15 is 0 Å². The second-order valence-corrected chi connectivity index (χ2v) is 8.51. The van der Waals surface area contributed by atoms with Crippen LogP contribution in [0.3, 0.4) is 0 Å². The quantitative estimate of drug-likeness (QED) is 0.320. The van der Waals surface area contributed by atoms with E-state index in [9.17, 15) is 13.9 Å². The van der Waals surface area contributed by atoms with Crippen LogP contribution in [0.15, 0.2) is 61.1 Å². The number of benzene rings is 1. The van der Waals surface area contributed by atoms with Gasteiger partial charge in [-0.25, -0.2) is 18.7 Å². The summed E-state index contributed by atoms with van der Waals surface area (Å²) < 4.78 is 28.5. The number of aliphatic hydroxyl groups excluding tert-OH is 1. The van der Waals surface area contributed by atoms with Crippen molar-refractivity contribution in [1.82, 2.24) is 29.7 Å². The van der Waals surface area contributed by atoms with Gasteiger partial charge >= 0.3 is 0 Å². The molecule has 5 aromatic rings. The molecule has 0 saturated carbocycles. The predicted molar refractivity (Wildman–Crippen MR) is 132 cm³/mol. The monoisotopic (exact) mass is 487 g/mol. The van der Waals surface area contributed by atoms with Crippen LogP contribution in [0, 0.1) is 13.8 Å². The van der Waals surface area contributed by atoms with Crippen LogP contribution >= 0.6 is 0 Å². The molecule has 5 rings (SSSR count). The van der Waals surface area contributed by atoms with Crippen LogP contribution in [0.2, 0.25) is 0 Å². The Morgan fingerprint density at radius 2 is 1.81 bits per heavy atom. The lowest BCUT2D eigenvalue weighted by molar-refractivity contribution is 0.146. The Kier molecular flexibility index (Phi) is 6.11. The fourth-order valence-electron chi connectivity index (χ4n) is 3.95. The molecule has 0 spiro atoms. The number of halogens is 2. The fourth-order valence-corrected chi connectivity index (χ4v) is 3.95. The number of rotatable bonds is 6. The zero-order valence-corrected chi connectivity index (χ0v) is 19.8. The molecule has 4 aromatic heterocycles. The number of aromatic nitrogens is 6. The van der Waals surface area contributed by atoms with Gasteiger partial charge in [0, 0.05) is 23.0 Å². The lowest BCUT2D eigenvalue weighted by Gasteiger charge is -2.16. The molecule has 0 aliphatic carbocycles. The molecule has 36 heavy (non-hydrogen) atoms. The molecule has 1 unspecified atom stereocenters. The standard InChI is InChI=1S/C26H23F2N7O/c1-14-12-29-21(26(27)28)11-19(14)25-18(16(3)36)6-9-24(32-25)35-13-30-20-10-17(5-7-22(20)35)31-23-8-4-15(2)33-34-23/h4-13,16,26,36H,1-3H3,(H,31,34). The molecule has 0 radical (unpaired) electrons. The van der Waals surface area contributed by atoms with Crippen LogP contribution in [-0.2, 0) is 0 Å². The molecule has 2 N–H and O–H groups in total. The normalized spacial score (nSPS) is 12.3. The van der Waals surface area contributed by atoms with Crippen molar-refractivity contribution < 1.29 is 13.9 Å². The van der Waals surface area contributed by atoms with Crippen LogP contribution in [0.1, 0.15) is 42.0 Å². The summed E-state index contributed by atoms with van der Waals surface area (Å²) >= 11 is 0. The van der Waals surface area contributed by atoms with Gasteiger partial charge < -0.3 is 10.4 Å². The number of aliphatic hydroxyl groups is 1. The molecular weight excluding hydrogens is 464 g/mol. The number of nitrogens with one attached hydrogen (secondary N) is 1. The predicted octanol–water partition coefficient (Wildman–Crippen LogP) is 5.62. The minimum Gasteiger partial charge on any atom is -0.389 e. The molecule has 0 aliphatic heterocycles. The minimum absolute atomic E-state index is 0.342. The second-order valence-electron chi connectivity index (χ2n) is 8.51. The Balaban J connectivity index is 1.56. The number of hydrogen-bond donors (Lipinski definition) is 2. The van der Waals surface area contributed by atoms with E-state index < -0.39 is 12.5 Å². The smallest absolute Gasteiger partial charge is 0.280 e. The average molecular weight is 488 g/mol. The highest BCUT2D eigenvalue weighted by atomic mass is 19.3. The highest BCUT2D eigenvalue weighted by Crippen LogP contribution is 2.33. The lowest BCUT2D eigenvalue weighted by Crippen LogP contribution is -2.05. The van der Waals surface area contributed by atoms with Crippen molar-refractivity contribution in [3.05, 3.63) is 83.6 Å². The maximum absolute atomic E-state index is 13.4. The van der Waals surface area contributed by atoms with Crippen LogP contribution in [0.4, 0.5) is 20.3 Å². The zero-order valence-electron chi connectivity index (χ0n) is 19.8. The van der Waals surface area contributed by atoms with Gasteiger partial charge in [0.2, 0.25) is 0 Å². The van der Waals surface area contributed by atoms with E-state index in [0.29, 0.717) is 34.0 Å². The third-order valence-corrected chi connectivity index (χ3v) is 5.83. The summed E-state index contributed by atoms with van der Waals surface area (Å²) in [5, 5.41) is 21.7. The molecule has 0 aliphatic rings. The SMILES string of the molecule is Cc1ccc(Nc2ccc3c(c2)ncn3-c2ccc(C(C)O)c(-c3cc(C(F)F)ncc3C)n2)nn1. The Bertz CT molecular complexity index is 1550. The third kappa shape index (κ3) is 4.50. The zero-order chi connectivity index (χ0) is 25.4. The van der Waals surface area contributed by atoms with Crippen molar-refractivity contribution in [1.29, 1.82) is 0 Å². The first-order chi connectivity index (χ1) is 17.3. The number of aryl methyl sites for hydroxylation is 2. The first-order valence-corrected chi connectivity index (χ1v) is 11.3. The van der Waals surface area contributed by atoms with Gasteiger partial charge in [-0.3, -0.25) is 9.55 Å². The largest absolute Gasteiger partial charge is 0.389 e. The highest BCUT2D eigenvalue weighted by molar-refractivity contribution is 5.82. The number of pyridine rings is 2. The Labute approximate surface area is 205 Å². The molecule has 8 nitrogen and oxygen atoms in total. The van der Waals surface area contributed by atoms with Crippen molar-refractivity contribution in [2.45, 2.75) is 33.3 Å². The summed E-state index contributed by atoms with van der Waals surface area (Å²) in [4.78, 5) is 13.1. The van der Waals surface area contributed by atoms with Gasteiger partial charge in [-0.15, -0.1) is 5.10 Å². The topological polar surface area (TPSA) is 102 Å². The van der Waals surface area contributed by atoms with Crippen molar-refractivity contribution in [3.63, 3.8) is 0 Å². The van der Waals surface area contributed by atoms with E-state index in [2.05, 4.69) is 25.5 Å². The Hall–Kier alpha value is -4.31. The third-order valence-electron chi connectivity index (χ3n) is 5.83. The molecule has 0 fully saturated rings. The van der Waals surface area contributed by atoms with Gasteiger partial charge in [0.1, 0.15) is 17.8 Å². The summed E-state index contributed by atoms with van der Waals surface area (Å²) in [7, 11) is 0. The van der Waals surface area contributed by atoms with Crippen molar-refractivity contribution in [2.24, 2.45) is 0 Å². The van der Waals surface area contributed by atoms with E-state index in [0.717, 1.165) is 22.4 Å². The van der Waals surface area contributed by atoms with Crippen molar-refractivity contribution in [2.75, 3.05) is 5.32 Å². The summed E-state index contributed by atoms with van der Waals surface area (Å²) in [5.74, 6) is 1.16. The molecule has 4 heterocycles. The first kappa shape index (κ1) is 23.4. The highest BCUT2D eigenvalue weighted by Gasteiger charge is 2.19. The lowest BCUT2D eigenvalue weighted by atomic mass is 9.99. The van der Waals surface area contributed by atoms with Crippen molar-refractivity contribution >= 4 is 22.5 Å². The second kappa shape index (κ2) is 9.38. The van der Waals surface area contributed by atoms with Gasteiger partial charge in [0.15, 0.2) is 5.82 Å². The number of hydrogen-bond acceptors (Lipinski definition) is 7. The van der Waals surface area contributed by atoms with Gasteiger partial charge in [-0.2, -0.15) is 5.10 Å². The van der Waals surface area contributed by atoms with Gasteiger partial charge in [-0.1, -0.05) is 6.07 Å². The van der Waals surface area contributed by atoms with Gasteiger partial charge in [-0.05, 0) is 68.8 Å². The molecule has 1 aromatic carbocycles. The molecule has 0 bridgehead atoms.